The second-order valence-corrected chi connectivity index (χ2v) is 9.26. The van der Waals surface area contributed by atoms with Crippen LogP contribution in [0.4, 0.5) is 0 Å². The molecule has 0 unspecified atom stereocenters. The third-order valence-electron chi connectivity index (χ3n) is 6.92. The van der Waals surface area contributed by atoms with Crippen LogP contribution in [0.3, 0.4) is 0 Å². The number of H-pyrrole nitrogens is 1. The monoisotopic (exact) mass is 426 g/mol. The van der Waals surface area contributed by atoms with E-state index in [1.165, 1.54) is 0 Å². The third kappa shape index (κ3) is 3.10. The average Bonchev–Trinajstić information content (AvgIpc) is 3.18. The van der Waals surface area contributed by atoms with E-state index in [0.717, 1.165) is 51.9 Å². The van der Waals surface area contributed by atoms with Crippen LogP contribution in [-0.4, -0.2) is 40.8 Å². The van der Waals surface area contributed by atoms with E-state index in [9.17, 15) is 9.59 Å². The Kier molecular flexibility index (Phi) is 4.63. The molecule has 162 valence electrons. The van der Waals surface area contributed by atoms with Crippen molar-refractivity contribution in [2.24, 2.45) is 0 Å². The summed E-state index contributed by atoms with van der Waals surface area (Å²) < 4.78 is 6.27. The van der Waals surface area contributed by atoms with Gasteiger partial charge in [-0.1, -0.05) is 25.8 Å². The number of fused-ring (bicyclic) bond motifs is 4. The second kappa shape index (κ2) is 7.27. The van der Waals surface area contributed by atoms with Crippen LogP contribution in [0, 0.1) is 12.3 Å². The number of aromatic amines is 1. The summed E-state index contributed by atoms with van der Waals surface area (Å²) in [5.41, 5.74) is 4.57. The highest BCUT2D eigenvalue weighted by Crippen LogP contribution is 2.44. The molecule has 0 bridgehead atoms. The van der Waals surface area contributed by atoms with Gasteiger partial charge in [0, 0.05) is 66.0 Å². The van der Waals surface area contributed by atoms with Gasteiger partial charge in [-0.25, -0.2) is 0 Å². The number of piperidine rings is 1. The highest BCUT2D eigenvalue weighted by atomic mass is 16.5. The van der Waals surface area contributed by atoms with Crippen molar-refractivity contribution in [3.8, 4) is 18.1 Å². The molecule has 5 nitrogen and oxygen atoms in total. The molecule has 0 spiro atoms. The van der Waals surface area contributed by atoms with Crippen LogP contribution in [0.15, 0.2) is 36.4 Å². The van der Waals surface area contributed by atoms with Gasteiger partial charge in [0.1, 0.15) is 11.9 Å². The summed E-state index contributed by atoms with van der Waals surface area (Å²) in [6.07, 6.45) is 7.25. The van der Waals surface area contributed by atoms with Crippen LogP contribution < -0.4 is 4.74 Å². The van der Waals surface area contributed by atoms with Crippen molar-refractivity contribution in [2.45, 2.75) is 45.1 Å². The number of carbonyl (C=O) groups is 2. The van der Waals surface area contributed by atoms with Gasteiger partial charge in [-0.2, -0.15) is 0 Å². The first-order chi connectivity index (χ1) is 15.3. The van der Waals surface area contributed by atoms with Crippen molar-refractivity contribution in [1.29, 1.82) is 0 Å². The maximum Gasteiger partial charge on any atom is 0.219 e. The number of amides is 1. The summed E-state index contributed by atoms with van der Waals surface area (Å²) in [5.74, 6) is 3.56. The topological polar surface area (TPSA) is 62.4 Å². The summed E-state index contributed by atoms with van der Waals surface area (Å²) in [4.78, 5) is 30.4. The Balaban J connectivity index is 1.49. The number of rotatable bonds is 2. The van der Waals surface area contributed by atoms with Crippen molar-refractivity contribution in [1.82, 2.24) is 9.88 Å². The number of carbonyl (C=O) groups excluding carboxylic acids is 2. The fourth-order valence-electron chi connectivity index (χ4n) is 5.05. The van der Waals surface area contributed by atoms with Gasteiger partial charge in [0.05, 0.1) is 5.56 Å². The van der Waals surface area contributed by atoms with Crippen LogP contribution in [-0.2, 0) is 10.2 Å². The van der Waals surface area contributed by atoms with Crippen molar-refractivity contribution in [2.75, 3.05) is 13.1 Å². The highest BCUT2D eigenvalue weighted by Gasteiger charge is 2.40. The quantitative estimate of drug-likeness (QED) is 0.618. The number of hydrogen-bond donors (Lipinski definition) is 1. The molecule has 1 aliphatic carbocycles. The van der Waals surface area contributed by atoms with E-state index in [2.05, 4.69) is 24.8 Å². The maximum absolute atomic E-state index is 13.5. The molecular formula is C27H26N2O3. The molecule has 3 aromatic rings. The molecule has 2 aliphatic rings. The summed E-state index contributed by atoms with van der Waals surface area (Å²) in [5, 5.41) is 0.903. The molecule has 2 heterocycles. The number of nitrogens with zero attached hydrogens (tertiary/aromatic N) is 1. The molecule has 1 saturated heterocycles. The molecule has 1 N–H and O–H groups in total. The number of hydrogen-bond acceptors (Lipinski definition) is 3. The first-order valence-electron chi connectivity index (χ1n) is 11.0. The van der Waals surface area contributed by atoms with E-state index >= 15 is 0 Å². The first kappa shape index (κ1) is 20.4. The largest absolute Gasteiger partial charge is 0.490 e. The Morgan fingerprint density at radius 2 is 1.94 bits per heavy atom. The van der Waals surface area contributed by atoms with E-state index in [0.29, 0.717) is 18.7 Å². The van der Waals surface area contributed by atoms with Gasteiger partial charge >= 0.3 is 0 Å². The lowest BCUT2D eigenvalue weighted by Gasteiger charge is -2.34. The zero-order valence-electron chi connectivity index (χ0n) is 18.6. The van der Waals surface area contributed by atoms with Crippen LogP contribution in [0.25, 0.3) is 10.9 Å². The summed E-state index contributed by atoms with van der Waals surface area (Å²) in [6.45, 7) is 7.29. The highest BCUT2D eigenvalue weighted by molar-refractivity contribution is 6.20. The van der Waals surface area contributed by atoms with E-state index in [4.69, 9.17) is 11.2 Å². The lowest BCUT2D eigenvalue weighted by Crippen LogP contribution is -2.40. The Bertz CT molecular complexity index is 1300. The predicted molar refractivity (Wildman–Crippen MR) is 124 cm³/mol. The Hall–Kier alpha value is -3.52. The molecule has 0 atom stereocenters. The Labute approximate surface area is 187 Å². The van der Waals surface area contributed by atoms with Gasteiger partial charge in [-0.15, -0.1) is 6.42 Å². The minimum Gasteiger partial charge on any atom is -0.490 e. The van der Waals surface area contributed by atoms with Crippen LogP contribution >= 0.6 is 0 Å². The standard InChI is InChI=1S/C27H26N2O3/c1-5-17-6-8-21-23(14-17)28-26-24(21)25(31)20-9-7-19(15-22(20)27(26,3)4)32-18-10-12-29(13-11-18)16(2)30/h1,6-9,14-15,18,28H,10-13H2,2-4H3. The number of ether oxygens (including phenoxy) is 1. The van der Waals surface area contributed by atoms with Crippen LogP contribution in [0.2, 0.25) is 0 Å². The molecule has 5 rings (SSSR count). The van der Waals surface area contributed by atoms with Gasteiger partial charge in [-0.05, 0) is 35.9 Å². The minimum atomic E-state index is -0.398. The third-order valence-corrected chi connectivity index (χ3v) is 6.92. The molecule has 2 aromatic carbocycles. The molecule has 1 amide bonds. The molecule has 1 aliphatic heterocycles. The minimum absolute atomic E-state index is 0.0235. The number of aromatic nitrogens is 1. The van der Waals surface area contributed by atoms with E-state index in [-0.39, 0.29) is 17.8 Å². The van der Waals surface area contributed by atoms with Gasteiger partial charge in [0.25, 0.3) is 0 Å². The Morgan fingerprint density at radius 1 is 1.19 bits per heavy atom. The number of likely N-dealkylation sites (tertiary alicyclic amines) is 1. The van der Waals surface area contributed by atoms with Crippen LogP contribution in [0.5, 0.6) is 5.75 Å². The van der Waals surface area contributed by atoms with Crippen molar-refractivity contribution >= 4 is 22.6 Å². The summed E-state index contributed by atoms with van der Waals surface area (Å²) in [7, 11) is 0. The number of ketones is 1. The normalized spacial score (nSPS) is 17.6. The summed E-state index contributed by atoms with van der Waals surface area (Å²) >= 11 is 0. The molecular weight excluding hydrogens is 400 g/mol. The van der Waals surface area contributed by atoms with E-state index in [1.54, 1.807) is 6.92 Å². The van der Waals surface area contributed by atoms with Crippen molar-refractivity contribution < 1.29 is 14.3 Å². The molecule has 32 heavy (non-hydrogen) atoms. The fourth-order valence-corrected chi connectivity index (χ4v) is 5.05. The lowest BCUT2D eigenvalue weighted by atomic mass is 9.71. The molecule has 5 heteroatoms. The van der Waals surface area contributed by atoms with Crippen LogP contribution in [0.1, 0.15) is 66.4 Å². The molecule has 0 radical (unpaired) electrons. The van der Waals surface area contributed by atoms with Gasteiger partial charge in [-0.3, -0.25) is 9.59 Å². The van der Waals surface area contributed by atoms with Gasteiger partial charge in [0.15, 0.2) is 5.78 Å². The zero-order valence-corrected chi connectivity index (χ0v) is 18.6. The molecule has 0 saturated carbocycles. The fraction of sp³-hybridized carbons (Fsp3) is 0.333. The molecule has 1 fully saturated rings. The van der Waals surface area contributed by atoms with Crippen molar-refractivity contribution in [3.05, 3.63) is 64.3 Å². The number of benzene rings is 2. The smallest absolute Gasteiger partial charge is 0.219 e. The summed E-state index contributed by atoms with van der Waals surface area (Å²) in [6, 6.07) is 11.5. The maximum atomic E-state index is 13.5. The second-order valence-electron chi connectivity index (χ2n) is 9.26. The number of terminal acetylenes is 1. The molecule has 1 aromatic heterocycles. The zero-order chi connectivity index (χ0) is 22.6. The van der Waals surface area contributed by atoms with Crippen molar-refractivity contribution in [3.63, 3.8) is 0 Å². The SMILES string of the molecule is C#Cc1ccc2c3c([nH]c2c1)C(C)(C)c1cc(OC2CCN(C(C)=O)CC2)ccc1C3=O. The predicted octanol–water partition coefficient (Wildman–Crippen LogP) is 4.41. The van der Waals surface area contributed by atoms with Gasteiger partial charge in [0.2, 0.25) is 5.91 Å². The Morgan fingerprint density at radius 3 is 2.62 bits per heavy atom. The van der Waals surface area contributed by atoms with Gasteiger partial charge < -0.3 is 14.6 Å². The van der Waals surface area contributed by atoms with E-state index < -0.39 is 5.41 Å². The average molecular weight is 427 g/mol. The van der Waals surface area contributed by atoms with E-state index in [1.807, 2.05) is 41.3 Å². The first-order valence-corrected chi connectivity index (χ1v) is 11.0. The number of nitrogens with one attached hydrogen (secondary N) is 1. The lowest BCUT2D eigenvalue weighted by molar-refractivity contribution is -0.130.